The van der Waals surface area contributed by atoms with Crippen LogP contribution in [0.25, 0.3) is 0 Å². The van der Waals surface area contributed by atoms with Crippen molar-refractivity contribution in [2.24, 2.45) is 17.3 Å². The lowest BCUT2D eigenvalue weighted by molar-refractivity contribution is -0.150. The Kier molecular flexibility index (Phi) is 3.76. The molecule has 0 spiro atoms. The van der Waals surface area contributed by atoms with Gasteiger partial charge in [0.05, 0.1) is 23.8 Å². The maximum Gasteiger partial charge on any atom is 0.242 e. The number of anilines is 1. The minimum atomic E-state index is -0.358. The highest BCUT2D eigenvalue weighted by Gasteiger charge is 2.61. The van der Waals surface area contributed by atoms with Gasteiger partial charge in [0.1, 0.15) is 12.1 Å². The van der Waals surface area contributed by atoms with E-state index >= 15 is 0 Å². The van der Waals surface area contributed by atoms with E-state index in [1.165, 1.54) is 6.42 Å². The second-order valence-electron chi connectivity index (χ2n) is 8.58. The Hall–Kier alpha value is -2.08. The molecule has 0 saturated heterocycles. The highest BCUT2D eigenvalue weighted by Crippen LogP contribution is 2.64. The van der Waals surface area contributed by atoms with Crippen LogP contribution in [0.1, 0.15) is 38.5 Å². The summed E-state index contributed by atoms with van der Waals surface area (Å²) in [5.74, 6) is 1.90. The predicted octanol–water partition coefficient (Wildman–Crippen LogP) is 3.87. The molecule has 4 aliphatic rings. The maximum absolute atomic E-state index is 13.5. The first-order valence-corrected chi connectivity index (χ1v) is 9.92. The van der Waals surface area contributed by atoms with Crippen molar-refractivity contribution in [3.8, 4) is 5.75 Å². The average molecular weight is 387 g/mol. The molecule has 1 aromatic heterocycles. The van der Waals surface area contributed by atoms with Gasteiger partial charge in [-0.15, -0.1) is 5.10 Å². The minimum Gasteiger partial charge on any atom is -0.495 e. The summed E-state index contributed by atoms with van der Waals surface area (Å²) in [5.41, 5.74) is 0.240. The van der Waals surface area contributed by atoms with Crippen molar-refractivity contribution in [2.75, 3.05) is 12.4 Å². The SMILES string of the molecule is COc1ccccc1NC(=O)C12C[C@H]3C[C@H](C1)CC(n1cnc(Cl)n1)(C3)C2. The van der Waals surface area contributed by atoms with Crippen molar-refractivity contribution in [2.45, 2.75) is 44.1 Å². The zero-order valence-electron chi connectivity index (χ0n) is 15.3. The van der Waals surface area contributed by atoms with E-state index in [4.69, 9.17) is 16.3 Å². The third-order valence-corrected chi connectivity index (χ3v) is 6.99. The molecule has 2 atom stereocenters. The largest absolute Gasteiger partial charge is 0.495 e. The van der Waals surface area contributed by atoms with Crippen molar-refractivity contribution >= 4 is 23.2 Å². The minimum absolute atomic E-state index is 0.108. The van der Waals surface area contributed by atoms with Gasteiger partial charge in [0, 0.05) is 0 Å². The molecule has 4 saturated carbocycles. The van der Waals surface area contributed by atoms with Gasteiger partial charge >= 0.3 is 0 Å². The monoisotopic (exact) mass is 386 g/mol. The van der Waals surface area contributed by atoms with Crippen LogP contribution in [0.15, 0.2) is 30.6 Å². The van der Waals surface area contributed by atoms with Crippen LogP contribution in [-0.4, -0.2) is 27.8 Å². The van der Waals surface area contributed by atoms with Crippen LogP contribution in [0.4, 0.5) is 5.69 Å². The fraction of sp³-hybridized carbons (Fsp3) is 0.550. The van der Waals surface area contributed by atoms with E-state index in [0.29, 0.717) is 17.6 Å². The van der Waals surface area contributed by atoms with Crippen LogP contribution in [0.5, 0.6) is 5.75 Å². The standard InChI is InChI=1S/C20H23ClN4O2/c1-27-16-5-3-2-4-15(16)23-17(26)19-7-13-6-14(8-19)10-20(9-13,11-19)25-12-22-18(21)24-25/h2-5,12-14H,6-11H2,1H3,(H,23,26)/t13-,14-,19?,20?/m1/s1. The summed E-state index contributed by atoms with van der Waals surface area (Å²) in [7, 11) is 1.62. The van der Waals surface area contributed by atoms with Crippen LogP contribution >= 0.6 is 11.6 Å². The fourth-order valence-corrected chi connectivity index (χ4v) is 6.35. The second-order valence-corrected chi connectivity index (χ2v) is 8.92. The van der Waals surface area contributed by atoms with Gasteiger partial charge in [0.15, 0.2) is 0 Å². The molecule has 4 fully saturated rings. The van der Waals surface area contributed by atoms with Crippen LogP contribution in [0, 0.1) is 17.3 Å². The number of aromatic nitrogens is 3. The highest BCUT2D eigenvalue weighted by atomic mass is 35.5. The second kappa shape index (κ2) is 5.96. The Morgan fingerprint density at radius 2 is 2.00 bits per heavy atom. The van der Waals surface area contributed by atoms with E-state index in [1.807, 2.05) is 28.9 Å². The van der Waals surface area contributed by atoms with Gasteiger partial charge in [-0.2, -0.15) is 0 Å². The van der Waals surface area contributed by atoms with Crippen LogP contribution in [0.2, 0.25) is 5.28 Å². The van der Waals surface area contributed by atoms with Gasteiger partial charge in [0.25, 0.3) is 0 Å². The number of carbonyl (C=O) groups is 1. The van der Waals surface area contributed by atoms with Gasteiger partial charge in [-0.25, -0.2) is 9.67 Å². The third kappa shape index (κ3) is 2.64. The quantitative estimate of drug-likeness (QED) is 0.865. The predicted molar refractivity (Wildman–Crippen MR) is 102 cm³/mol. The van der Waals surface area contributed by atoms with Crippen molar-refractivity contribution < 1.29 is 9.53 Å². The van der Waals surface area contributed by atoms with Crippen molar-refractivity contribution in [3.63, 3.8) is 0 Å². The number of methoxy groups -OCH3 is 1. The third-order valence-electron chi connectivity index (χ3n) is 6.82. The van der Waals surface area contributed by atoms with E-state index < -0.39 is 0 Å². The molecular weight excluding hydrogens is 364 g/mol. The molecule has 1 aromatic carbocycles. The number of carbonyl (C=O) groups excluding carboxylic acids is 1. The molecule has 0 aliphatic heterocycles. The summed E-state index contributed by atoms with van der Waals surface area (Å²) in [5, 5.41) is 7.86. The normalized spacial score (nSPS) is 33.9. The molecule has 7 heteroatoms. The molecule has 1 amide bonds. The van der Waals surface area contributed by atoms with E-state index in [1.54, 1.807) is 13.4 Å². The molecule has 1 N–H and O–H groups in total. The summed E-state index contributed by atoms with van der Waals surface area (Å²) in [6.07, 6.45) is 7.78. The number of nitrogens with zero attached hydrogens (tertiary/aromatic N) is 3. The van der Waals surface area contributed by atoms with E-state index in [2.05, 4.69) is 15.4 Å². The van der Waals surface area contributed by atoms with Crippen molar-refractivity contribution in [1.82, 2.24) is 14.8 Å². The first-order valence-electron chi connectivity index (χ1n) is 9.54. The zero-order chi connectivity index (χ0) is 18.6. The molecule has 1 heterocycles. The Balaban J connectivity index is 1.48. The number of hydrogen-bond donors (Lipinski definition) is 1. The van der Waals surface area contributed by atoms with Gasteiger partial charge in [-0.1, -0.05) is 12.1 Å². The fourth-order valence-electron chi connectivity index (χ4n) is 6.22. The maximum atomic E-state index is 13.5. The molecule has 4 bridgehead atoms. The average Bonchev–Trinajstić information content (AvgIpc) is 3.08. The lowest BCUT2D eigenvalue weighted by atomic mass is 9.46. The van der Waals surface area contributed by atoms with Crippen LogP contribution in [-0.2, 0) is 10.3 Å². The lowest BCUT2D eigenvalue weighted by Gasteiger charge is -2.60. The number of benzene rings is 1. The Morgan fingerprint density at radius 1 is 1.26 bits per heavy atom. The van der Waals surface area contributed by atoms with E-state index in [9.17, 15) is 4.79 Å². The number of hydrogen-bond acceptors (Lipinski definition) is 4. The lowest BCUT2D eigenvalue weighted by Crippen LogP contribution is -2.60. The Bertz CT molecular complexity index is 882. The Morgan fingerprint density at radius 3 is 2.67 bits per heavy atom. The highest BCUT2D eigenvalue weighted by molar-refractivity contribution is 6.28. The van der Waals surface area contributed by atoms with Crippen molar-refractivity contribution in [3.05, 3.63) is 35.9 Å². The molecule has 2 aromatic rings. The smallest absolute Gasteiger partial charge is 0.242 e. The topological polar surface area (TPSA) is 69.0 Å². The van der Waals surface area contributed by atoms with Gasteiger partial charge < -0.3 is 10.1 Å². The van der Waals surface area contributed by atoms with Crippen molar-refractivity contribution in [1.29, 1.82) is 0 Å². The number of halogens is 1. The van der Waals surface area contributed by atoms with E-state index in [0.717, 1.165) is 37.8 Å². The molecule has 4 aliphatic carbocycles. The summed E-state index contributed by atoms with van der Waals surface area (Å²) in [4.78, 5) is 17.6. The summed E-state index contributed by atoms with van der Waals surface area (Å²) in [6.45, 7) is 0. The van der Waals surface area contributed by atoms with Gasteiger partial charge in [0.2, 0.25) is 11.2 Å². The molecule has 6 nitrogen and oxygen atoms in total. The molecular formula is C20H23ClN4O2. The summed E-state index contributed by atoms with van der Waals surface area (Å²) < 4.78 is 7.35. The summed E-state index contributed by atoms with van der Waals surface area (Å²) in [6, 6.07) is 7.58. The zero-order valence-corrected chi connectivity index (χ0v) is 16.1. The molecule has 142 valence electrons. The first kappa shape index (κ1) is 17.0. The van der Waals surface area contributed by atoms with Gasteiger partial charge in [-0.3, -0.25) is 4.79 Å². The number of para-hydroxylation sites is 2. The number of nitrogens with one attached hydrogen (secondary N) is 1. The number of amides is 1. The Labute approximate surface area is 163 Å². The van der Waals surface area contributed by atoms with Crippen LogP contribution in [0.3, 0.4) is 0 Å². The molecule has 0 unspecified atom stereocenters. The molecule has 0 radical (unpaired) electrons. The number of rotatable bonds is 4. The first-order chi connectivity index (χ1) is 13.0. The molecule has 27 heavy (non-hydrogen) atoms. The number of ether oxygens (including phenoxy) is 1. The van der Waals surface area contributed by atoms with Gasteiger partial charge in [-0.05, 0) is 74.1 Å². The summed E-state index contributed by atoms with van der Waals surface area (Å²) >= 11 is 6.00. The molecule has 6 rings (SSSR count). The van der Waals surface area contributed by atoms with Crippen LogP contribution < -0.4 is 10.1 Å². The van der Waals surface area contributed by atoms with E-state index in [-0.39, 0.29) is 22.1 Å².